The lowest BCUT2D eigenvalue weighted by molar-refractivity contribution is -0.116. The van der Waals surface area contributed by atoms with Gasteiger partial charge in [-0.1, -0.05) is 38.1 Å². The summed E-state index contributed by atoms with van der Waals surface area (Å²) in [7, 11) is -3.83. The summed E-state index contributed by atoms with van der Waals surface area (Å²) in [4.78, 5) is 16.9. The smallest absolute Gasteiger partial charge is 0.243 e. The van der Waals surface area contributed by atoms with Crippen LogP contribution >= 0.6 is 0 Å². The van der Waals surface area contributed by atoms with E-state index in [0.717, 1.165) is 64.0 Å². The van der Waals surface area contributed by atoms with Crippen LogP contribution in [-0.2, 0) is 21.2 Å². The summed E-state index contributed by atoms with van der Waals surface area (Å²) in [5, 5.41) is 2.86. The highest BCUT2D eigenvalue weighted by Crippen LogP contribution is 2.34. The first kappa shape index (κ1) is 24.7. The molecule has 0 bridgehead atoms. The first-order valence-electron chi connectivity index (χ1n) is 12.4. The van der Waals surface area contributed by atoms with Crippen LogP contribution in [0.1, 0.15) is 56.7 Å². The van der Waals surface area contributed by atoms with Gasteiger partial charge in [0, 0.05) is 44.3 Å². The number of piperazine rings is 1. The van der Waals surface area contributed by atoms with E-state index in [4.69, 9.17) is 0 Å². The van der Waals surface area contributed by atoms with Gasteiger partial charge in [0.25, 0.3) is 0 Å². The van der Waals surface area contributed by atoms with Gasteiger partial charge in [-0.25, -0.2) is 13.1 Å². The van der Waals surface area contributed by atoms with Crippen molar-refractivity contribution < 1.29 is 13.2 Å². The summed E-state index contributed by atoms with van der Waals surface area (Å²) < 4.78 is 30.6. The number of anilines is 2. The molecule has 1 heterocycles. The number of nitrogens with one attached hydrogen (secondary N) is 2. The lowest BCUT2D eigenvalue weighted by Gasteiger charge is -2.36. The van der Waals surface area contributed by atoms with Crippen LogP contribution in [0.5, 0.6) is 0 Å². The molecule has 2 aromatic carbocycles. The zero-order valence-electron chi connectivity index (χ0n) is 20.2. The van der Waals surface area contributed by atoms with E-state index in [9.17, 15) is 13.2 Å². The number of amides is 1. The number of carbonyl (C=O) groups excluding carboxylic acids is 1. The highest BCUT2D eigenvalue weighted by atomic mass is 32.2. The van der Waals surface area contributed by atoms with Crippen molar-refractivity contribution in [1.82, 2.24) is 9.62 Å². The molecule has 1 unspecified atom stereocenters. The number of rotatable bonds is 8. The second kappa shape index (κ2) is 10.9. The Hall–Kier alpha value is -2.42. The molecule has 34 heavy (non-hydrogen) atoms. The maximum atomic E-state index is 13.8. The van der Waals surface area contributed by atoms with Crippen molar-refractivity contribution in [2.45, 2.75) is 56.9 Å². The van der Waals surface area contributed by atoms with Gasteiger partial charge in [-0.05, 0) is 61.6 Å². The highest BCUT2D eigenvalue weighted by molar-refractivity contribution is 7.89. The normalized spacial score (nSPS) is 19.0. The number of carbonyl (C=O) groups is 1. The minimum atomic E-state index is -3.83. The zero-order chi connectivity index (χ0) is 24.1. The van der Waals surface area contributed by atoms with E-state index in [-0.39, 0.29) is 16.8 Å². The van der Waals surface area contributed by atoms with Crippen molar-refractivity contribution >= 4 is 27.3 Å². The molecule has 1 amide bonds. The van der Waals surface area contributed by atoms with E-state index in [2.05, 4.69) is 32.8 Å². The Morgan fingerprint density at radius 2 is 1.82 bits per heavy atom. The van der Waals surface area contributed by atoms with E-state index in [0.29, 0.717) is 17.8 Å². The van der Waals surface area contributed by atoms with Crippen molar-refractivity contribution in [3.63, 3.8) is 0 Å². The van der Waals surface area contributed by atoms with Gasteiger partial charge in [0.15, 0.2) is 0 Å². The quantitative estimate of drug-likeness (QED) is 0.594. The zero-order valence-corrected chi connectivity index (χ0v) is 21.0. The second-order valence-corrected chi connectivity index (χ2v) is 10.8. The lowest BCUT2D eigenvalue weighted by atomic mass is 9.88. The summed E-state index contributed by atoms with van der Waals surface area (Å²) in [6, 6.07) is 13.1. The number of benzene rings is 2. The highest BCUT2D eigenvalue weighted by Gasteiger charge is 2.30. The van der Waals surface area contributed by atoms with Crippen molar-refractivity contribution in [2.24, 2.45) is 0 Å². The summed E-state index contributed by atoms with van der Waals surface area (Å²) in [6.07, 6.45) is 3.83. The minimum absolute atomic E-state index is 0.107. The molecule has 1 aliphatic heterocycles. The number of fused-ring (bicyclic) bond motifs is 1. The van der Waals surface area contributed by atoms with Gasteiger partial charge in [-0.15, -0.1) is 0 Å². The molecule has 0 spiro atoms. The first-order valence-corrected chi connectivity index (χ1v) is 13.9. The summed E-state index contributed by atoms with van der Waals surface area (Å²) in [5.74, 6) is -0.107. The van der Waals surface area contributed by atoms with Crippen molar-refractivity contribution in [1.29, 1.82) is 0 Å². The van der Waals surface area contributed by atoms with Crippen LogP contribution in [0.2, 0.25) is 0 Å². The predicted octanol–water partition coefficient (Wildman–Crippen LogP) is 3.92. The molecule has 0 aromatic heterocycles. The molecule has 1 saturated heterocycles. The van der Waals surface area contributed by atoms with Crippen molar-refractivity contribution in [3.8, 4) is 0 Å². The predicted molar refractivity (Wildman–Crippen MR) is 137 cm³/mol. The third kappa shape index (κ3) is 5.62. The van der Waals surface area contributed by atoms with E-state index in [1.165, 1.54) is 5.56 Å². The maximum absolute atomic E-state index is 13.8. The average Bonchev–Trinajstić information content (AvgIpc) is 2.84. The van der Waals surface area contributed by atoms with Gasteiger partial charge < -0.3 is 15.1 Å². The van der Waals surface area contributed by atoms with Crippen molar-refractivity contribution in [2.75, 3.05) is 42.9 Å². The van der Waals surface area contributed by atoms with Gasteiger partial charge in [0.1, 0.15) is 4.90 Å². The summed E-state index contributed by atoms with van der Waals surface area (Å²) in [6.45, 7) is 8.41. The average molecular weight is 485 g/mol. The molecular formula is C26H36N4O3S. The van der Waals surface area contributed by atoms with Crippen LogP contribution < -0.4 is 14.9 Å². The van der Waals surface area contributed by atoms with Crippen LogP contribution in [0, 0.1) is 0 Å². The fourth-order valence-electron chi connectivity index (χ4n) is 4.95. The Morgan fingerprint density at radius 3 is 2.56 bits per heavy atom. The third-order valence-corrected chi connectivity index (χ3v) is 8.34. The molecule has 2 aliphatic rings. The Morgan fingerprint density at radius 1 is 1.06 bits per heavy atom. The molecule has 184 valence electrons. The van der Waals surface area contributed by atoms with E-state index in [1.54, 1.807) is 6.07 Å². The van der Waals surface area contributed by atoms with Gasteiger partial charge >= 0.3 is 0 Å². The Kier molecular flexibility index (Phi) is 7.91. The fraction of sp³-hybridized carbons (Fsp3) is 0.500. The SMILES string of the molecule is CCCC(=O)Nc1ccc(N2CCN(CC)CC2)c(S(=O)(=O)NC2CCCc3ccccc32)c1. The van der Waals surface area contributed by atoms with Crippen LogP contribution in [0.4, 0.5) is 11.4 Å². The molecule has 0 radical (unpaired) electrons. The molecule has 8 heteroatoms. The van der Waals surface area contributed by atoms with Crippen molar-refractivity contribution in [3.05, 3.63) is 53.6 Å². The van der Waals surface area contributed by atoms with E-state index < -0.39 is 10.0 Å². The summed E-state index contributed by atoms with van der Waals surface area (Å²) >= 11 is 0. The van der Waals surface area contributed by atoms with Crippen LogP contribution in [0.15, 0.2) is 47.4 Å². The standard InChI is InChI=1S/C26H36N4O3S/c1-3-8-26(31)27-21-13-14-24(30-17-15-29(4-2)16-18-30)25(19-21)34(32,33)28-23-12-7-10-20-9-5-6-11-22(20)23/h5-6,9,11,13-14,19,23,28H,3-4,7-8,10,12,15-18H2,1-2H3,(H,27,31). The first-order chi connectivity index (χ1) is 16.4. The number of hydrogen-bond acceptors (Lipinski definition) is 5. The van der Waals surface area contributed by atoms with Crippen LogP contribution in [0.3, 0.4) is 0 Å². The minimum Gasteiger partial charge on any atom is -0.368 e. The Labute approximate surface area is 203 Å². The molecule has 1 aliphatic carbocycles. The number of likely N-dealkylation sites (N-methyl/N-ethyl adjacent to an activating group) is 1. The van der Waals surface area contributed by atoms with Gasteiger partial charge in [0.05, 0.1) is 5.69 Å². The van der Waals surface area contributed by atoms with E-state index >= 15 is 0 Å². The third-order valence-electron chi connectivity index (χ3n) is 6.84. The monoisotopic (exact) mass is 484 g/mol. The van der Waals surface area contributed by atoms with Crippen LogP contribution in [0.25, 0.3) is 0 Å². The lowest BCUT2D eigenvalue weighted by Crippen LogP contribution is -2.46. The van der Waals surface area contributed by atoms with Gasteiger partial charge in [-0.3, -0.25) is 4.79 Å². The molecule has 4 rings (SSSR count). The fourth-order valence-corrected chi connectivity index (χ4v) is 6.45. The topological polar surface area (TPSA) is 81.8 Å². The Bertz CT molecular complexity index is 1110. The molecular weight excluding hydrogens is 448 g/mol. The Balaban J connectivity index is 1.66. The summed E-state index contributed by atoms with van der Waals surface area (Å²) in [5.41, 5.74) is 3.47. The molecule has 1 fully saturated rings. The second-order valence-electron chi connectivity index (χ2n) is 9.17. The van der Waals surface area contributed by atoms with Gasteiger partial charge in [-0.2, -0.15) is 0 Å². The molecule has 0 saturated carbocycles. The molecule has 7 nitrogen and oxygen atoms in total. The maximum Gasteiger partial charge on any atom is 0.243 e. The molecule has 1 atom stereocenters. The van der Waals surface area contributed by atoms with Crippen LogP contribution in [-0.4, -0.2) is 51.9 Å². The van der Waals surface area contributed by atoms with E-state index in [1.807, 2.05) is 37.3 Å². The number of aryl methyl sites for hydroxylation is 1. The number of hydrogen-bond donors (Lipinski definition) is 2. The number of sulfonamides is 1. The number of nitrogens with zero attached hydrogens (tertiary/aromatic N) is 2. The van der Waals surface area contributed by atoms with Gasteiger partial charge in [0.2, 0.25) is 15.9 Å². The molecule has 2 aromatic rings. The largest absolute Gasteiger partial charge is 0.368 e. The molecule has 2 N–H and O–H groups in total.